The van der Waals surface area contributed by atoms with E-state index in [2.05, 4.69) is 36.9 Å². The minimum atomic E-state index is 0. The van der Waals surface area contributed by atoms with E-state index in [1.54, 1.807) is 11.3 Å². The van der Waals surface area contributed by atoms with Gasteiger partial charge in [0.25, 0.3) is 0 Å². The number of piperazine rings is 1. The van der Waals surface area contributed by atoms with Crippen LogP contribution in [0.25, 0.3) is 0 Å². The second-order valence-electron chi connectivity index (χ2n) is 7.32. The number of aromatic nitrogens is 1. The quantitative estimate of drug-likeness (QED) is 0.375. The van der Waals surface area contributed by atoms with Crippen LogP contribution in [0.3, 0.4) is 0 Å². The highest BCUT2D eigenvalue weighted by Crippen LogP contribution is 2.12. The first-order valence-electron chi connectivity index (χ1n) is 10.0. The van der Waals surface area contributed by atoms with Gasteiger partial charge in [0, 0.05) is 57.4 Å². The number of likely N-dealkylation sites (tertiary alicyclic amines) is 1. The van der Waals surface area contributed by atoms with Crippen molar-refractivity contribution >= 4 is 47.2 Å². The third-order valence-corrected chi connectivity index (χ3v) is 6.18. The molecule has 0 atom stereocenters. The number of thiazole rings is 1. The van der Waals surface area contributed by atoms with Gasteiger partial charge in [0.15, 0.2) is 5.96 Å². The zero-order chi connectivity index (χ0) is 19.1. The van der Waals surface area contributed by atoms with Crippen molar-refractivity contribution in [2.24, 2.45) is 4.99 Å². The monoisotopic (exact) mass is 520 g/mol. The predicted molar refractivity (Wildman–Crippen MR) is 126 cm³/mol. The molecule has 0 unspecified atom stereocenters. The molecular weight excluding hydrogens is 487 g/mol. The number of nitrogens with zero attached hydrogens (tertiary/aromatic N) is 5. The van der Waals surface area contributed by atoms with Crippen molar-refractivity contribution in [1.29, 1.82) is 0 Å². The molecule has 2 fully saturated rings. The summed E-state index contributed by atoms with van der Waals surface area (Å²) < 4.78 is 0. The highest BCUT2D eigenvalue weighted by molar-refractivity contribution is 14.0. The van der Waals surface area contributed by atoms with Crippen molar-refractivity contribution in [2.75, 3.05) is 52.9 Å². The molecular formula is C19H33IN6OS. The summed E-state index contributed by atoms with van der Waals surface area (Å²) in [7, 11) is 1.82. The Hall–Kier alpha value is -0.940. The summed E-state index contributed by atoms with van der Waals surface area (Å²) in [4.78, 5) is 29.2. The summed E-state index contributed by atoms with van der Waals surface area (Å²) in [6, 6.07) is 0. The summed E-state index contributed by atoms with van der Waals surface area (Å²) in [5.41, 5.74) is 0. The van der Waals surface area contributed by atoms with Crippen LogP contribution in [0, 0.1) is 6.92 Å². The summed E-state index contributed by atoms with van der Waals surface area (Å²) in [6.07, 6.45) is 6.73. The molecule has 1 aromatic rings. The molecule has 0 bridgehead atoms. The molecule has 28 heavy (non-hydrogen) atoms. The van der Waals surface area contributed by atoms with Crippen molar-refractivity contribution in [3.05, 3.63) is 16.1 Å². The van der Waals surface area contributed by atoms with E-state index in [1.807, 2.05) is 13.2 Å². The van der Waals surface area contributed by atoms with E-state index in [-0.39, 0.29) is 24.0 Å². The fourth-order valence-corrected chi connectivity index (χ4v) is 4.43. The van der Waals surface area contributed by atoms with Crippen LogP contribution >= 0.6 is 35.3 Å². The molecule has 0 aliphatic carbocycles. The van der Waals surface area contributed by atoms with Gasteiger partial charge in [-0.15, -0.1) is 35.3 Å². The minimum Gasteiger partial charge on any atom is -0.350 e. The molecule has 2 aliphatic heterocycles. The van der Waals surface area contributed by atoms with Crippen LogP contribution in [-0.2, 0) is 11.3 Å². The summed E-state index contributed by atoms with van der Waals surface area (Å²) in [5.74, 6) is 1.22. The maximum atomic E-state index is 12.6. The average molecular weight is 520 g/mol. The molecule has 9 heteroatoms. The first kappa shape index (κ1) is 23.3. The van der Waals surface area contributed by atoms with Gasteiger partial charge in [-0.25, -0.2) is 4.98 Å². The Balaban J connectivity index is 0.00000280. The van der Waals surface area contributed by atoms with E-state index in [9.17, 15) is 4.79 Å². The van der Waals surface area contributed by atoms with Crippen molar-refractivity contribution in [3.8, 4) is 0 Å². The van der Waals surface area contributed by atoms with Crippen molar-refractivity contribution < 1.29 is 4.79 Å². The van der Waals surface area contributed by atoms with E-state index >= 15 is 0 Å². The topological polar surface area (TPSA) is 64.1 Å². The SMILES string of the molecule is CN=C(NCc1ncc(C)s1)N1CCN(CC(=O)N2CCCCCC2)CC1.I. The molecule has 2 aliphatic rings. The average Bonchev–Trinajstić information content (AvgIpc) is 2.92. The van der Waals surface area contributed by atoms with Crippen molar-refractivity contribution in [1.82, 2.24) is 25.0 Å². The first-order chi connectivity index (χ1) is 13.2. The number of guanidine groups is 1. The molecule has 0 spiro atoms. The van der Waals surface area contributed by atoms with Gasteiger partial charge < -0.3 is 15.1 Å². The Morgan fingerprint density at radius 2 is 1.79 bits per heavy atom. The summed E-state index contributed by atoms with van der Waals surface area (Å²) in [6.45, 7) is 8.79. The second-order valence-corrected chi connectivity index (χ2v) is 8.64. The molecule has 3 rings (SSSR count). The maximum absolute atomic E-state index is 12.6. The third kappa shape index (κ3) is 6.84. The smallest absolute Gasteiger partial charge is 0.236 e. The van der Waals surface area contributed by atoms with Crippen LogP contribution < -0.4 is 5.32 Å². The second kappa shape index (κ2) is 11.9. The fourth-order valence-electron chi connectivity index (χ4n) is 3.70. The Labute approximate surface area is 189 Å². The van der Waals surface area contributed by atoms with Gasteiger partial charge >= 0.3 is 0 Å². The van der Waals surface area contributed by atoms with E-state index in [1.165, 1.54) is 17.7 Å². The standard InChI is InChI=1S/C19H32N6OS.HI/c1-16-13-21-17(27-16)14-22-19(20-2)25-11-9-23(10-12-25)15-18(26)24-7-5-3-4-6-8-24;/h13H,3-12,14-15H2,1-2H3,(H,20,22);1H. The molecule has 0 aromatic carbocycles. The highest BCUT2D eigenvalue weighted by atomic mass is 127. The maximum Gasteiger partial charge on any atom is 0.236 e. The van der Waals surface area contributed by atoms with Crippen molar-refractivity contribution in [3.63, 3.8) is 0 Å². The Kier molecular flexibility index (Phi) is 9.93. The molecule has 2 saturated heterocycles. The number of rotatable bonds is 4. The van der Waals surface area contributed by atoms with E-state index in [4.69, 9.17) is 0 Å². The molecule has 1 N–H and O–H groups in total. The van der Waals surface area contributed by atoms with Crippen LogP contribution in [0.1, 0.15) is 35.6 Å². The Morgan fingerprint density at radius 1 is 1.11 bits per heavy atom. The number of hydrogen-bond acceptors (Lipinski definition) is 5. The lowest BCUT2D eigenvalue weighted by Crippen LogP contribution is -2.54. The zero-order valence-electron chi connectivity index (χ0n) is 17.0. The number of aryl methyl sites for hydroxylation is 1. The third-order valence-electron chi connectivity index (χ3n) is 5.27. The van der Waals surface area contributed by atoms with Crippen LogP contribution in [0.5, 0.6) is 0 Å². The summed E-state index contributed by atoms with van der Waals surface area (Å²) in [5, 5.41) is 4.49. The van der Waals surface area contributed by atoms with Gasteiger partial charge in [0.05, 0.1) is 13.1 Å². The molecule has 0 radical (unpaired) electrons. The van der Waals surface area contributed by atoms with Crippen molar-refractivity contribution in [2.45, 2.75) is 39.2 Å². The van der Waals surface area contributed by atoms with Crippen LogP contribution in [0.15, 0.2) is 11.2 Å². The molecule has 7 nitrogen and oxygen atoms in total. The first-order valence-corrected chi connectivity index (χ1v) is 10.8. The van der Waals surface area contributed by atoms with Gasteiger partial charge in [0.1, 0.15) is 5.01 Å². The van der Waals surface area contributed by atoms with Crippen LogP contribution in [0.4, 0.5) is 0 Å². The largest absolute Gasteiger partial charge is 0.350 e. The van der Waals surface area contributed by atoms with Gasteiger partial charge in [-0.2, -0.15) is 0 Å². The lowest BCUT2D eigenvalue weighted by atomic mass is 10.2. The molecule has 3 heterocycles. The van der Waals surface area contributed by atoms with E-state index in [0.29, 0.717) is 19.0 Å². The summed E-state index contributed by atoms with van der Waals surface area (Å²) >= 11 is 1.71. The lowest BCUT2D eigenvalue weighted by Gasteiger charge is -2.36. The number of aliphatic imine (C=N–C) groups is 1. The number of nitrogens with one attached hydrogen (secondary N) is 1. The fraction of sp³-hybridized carbons (Fsp3) is 0.737. The van der Waals surface area contributed by atoms with Gasteiger partial charge in [-0.05, 0) is 19.8 Å². The van der Waals surface area contributed by atoms with Gasteiger partial charge in [-0.3, -0.25) is 14.7 Å². The zero-order valence-corrected chi connectivity index (χ0v) is 20.2. The molecule has 0 saturated carbocycles. The number of carbonyl (C=O) groups is 1. The minimum absolute atomic E-state index is 0. The number of carbonyl (C=O) groups excluding carboxylic acids is 1. The molecule has 1 amide bonds. The normalized spacial score (nSPS) is 19.1. The van der Waals surface area contributed by atoms with Crippen LogP contribution in [0.2, 0.25) is 0 Å². The number of hydrogen-bond donors (Lipinski definition) is 1. The van der Waals surface area contributed by atoms with E-state index < -0.39 is 0 Å². The number of amides is 1. The van der Waals surface area contributed by atoms with Gasteiger partial charge in [0.2, 0.25) is 5.91 Å². The number of halogens is 1. The Morgan fingerprint density at radius 3 is 2.36 bits per heavy atom. The Bertz CT molecular complexity index is 636. The molecule has 1 aromatic heterocycles. The van der Waals surface area contributed by atoms with Gasteiger partial charge in [-0.1, -0.05) is 12.8 Å². The highest BCUT2D eigenvalue weighted by Gasteiger charge is 2.23. The predicted octanol–water partition coefficient (Wildman–Crippen LogP) is 2.17. The van der Waals surface area contributed by atoms with Crippen LogP contribution in [-0.4, -0.2) is 84.4 Å². The molecule has 158 valence electrons. The lowest BCUT2D eigenvalue weighted by molar-refractivity contribution is -0.132. The van der Waals surface area contributed by atoms with E-state index in [0.717, 1.165) is 63.1 Å².